The Hall–Kier alpha value is -1.46. The van der Waals surface area contributed by atoms with Crippen molar-refractivity contribution in [1.82, 2.24) is 20.4 Å². The minimum Gasteiger partial charge on any atom is -0.338 e. The second-order valence-electron chi connectivity index (χ2n) is 6.81. The highest BCUT2D eigenvalue weighted by Gasteiger charge is 2.38. The van der Waals surface area contributed by atoms with Crippen LogP contribution in [-0.4, -0.2) is 60.1 Å². The van der Waals surface area contributed by atoms with Crippen molar-refractivity contribution in [2.24, 2.45) is 5.92 Å². The second kappa shape index (κ2) is 6.75. The molecule has 2 heterocycles. The molecule has 22 heavy (non-hydrogen) atoms. The molecule has 2 atom stereocenters. The number of nitrogens with zero attached hydrogens (tertiary/aromatic N) is 2. The van der Waals surface area contributed by atoms with E-state index in [9.17, 15) is 9.59 Å². The Kier molecular flexibility index (Phi) is 4.74. The van der Waals surface area contributed by atoms with Gasteiger partial charge in [-0.3, -0.25) is 0 Å². The van der Waals surface area contributed by atoms with Crippen molar-refractivity contribution < 1.29 is 9.59 Å². The summed E-state index contributed by atoms with van der Waals surface area (Å²) in [5, 5.41) is 5.96. The first-order valence-corrected chi connectivity index (χ1v) is 8.79. The van der Waals surface area contributed by atoms with Crippen LogP contribution in [-0.2, 0) is 0 Å². The van der Waals surface area contributed by atoms with Gasteiger partial charge in [-0.1, -0.05) is 6.42 Å². The molecule has 3 fully saturated rings. The largest absolute Gasteiger partial charge is 0.338 e. The number of amides is 4. The molecule has 6 nitrogen and oxygen atoms in total. The van der Waals surface area contributed by atoms with Gasteiger partial charge in [0.1, 0.15) is 0 Å². The molecule has 0 spiro atoms. The highest BCUT2D eigenvalue weighted by atomic mass is 16.2. The van der Waals surface area contributed by atoms with Gasteiger partial charge in [0, 0.05) is 38.3 Å². The lowest BCUT2D eigenvalue weighted by Gasteiger charge is -2.37. The third-order valence-corrected chi connectivity index (χ3v) is 5.39. The summed E-state index contributed by atoms with van der Waals surface area (Å²) >= 11 is 0. The molecular formula is C16H28N4O2. The van der Waals surface area contributed by atoms with E-state index in [0.717, 1.165) is 38.3 Å². The molecule has 6 heteroatoms. The molecule has 0 aromatic rings. The van der Waals surface area contributed by atoms with E-state index < -0.39 is 0 Å². The van der Waals surface area contributed by atoms with Crippen molar-refractivity contribution in [3.63, 3.8) is 0 Å². The fourth-order valence-electron chi connectivity index (χ4n) is 3.94. The zero-order valence-corrected chi connectivity index (χ0v) is 13.5. The van der Waals surface area contributed by atoms with Crippen molar-refractivity contribution in [2.75, 3.05) is 26.2 Å². The standard InChI is InChI=1S/C16H28N4O2/c1-2-17-15(21)19-10-8-13(11-19)18-16(22)20-9-4-7-14(20)12-5-3-6-12/h12-14H,2-11H2,1H3,(H,17,21)(H,18,22)/t13-,14-/m0/s1. The first kappa shape index (κ1) is 15.4. The summed E-state index contributed by atoms with van der Waals surface area (Å²) in [6.07, 6.45) is 7.02. The Bertz CT molecular complexity index is 424. The molecule has 0 bridgehead atoms. The van der Waals surface area contributed by atoms with Gasteiger partial charge >= 0.3 is 12.1 Å². The Balaban J connectivity index is 1.48. The van der Waals surface area contributed by atoms with Crippen molar-refractivity contribution >= 4 is 12.1 Å². The van der Waals surface area contributed by atoms with Crippen LogP contribution in [0.3, 0.4) is 0 Å². The Morgan fingerprint density at radius 1 is 1.05 bits per heavy atom. The molecule has 1 saturated carbocycles. The summed E-state index contributed by atoms with van der Waals surface area (Å²) < 4.78 is 0. The normalized spacial score (nSPS) is 28.6. The number of rotatable bonds is 3. The van der Waals surface area contributed by atoms with E-state index in [0.29, 0.717) is 19.1 Å². The smallest absolute Gasteiger partial charge is 0.317 e. The molecule has 2 aliphatic heterocycles. The molecule has 124 valence electrons. The number of carbonyl (C=O) groups excluding carboxylic acids is 2. The molecule has 3 aliphatic rings. The van der Waals surface area contributed by atoms with E-state index in [1.54, 1.807) is 4.90 Å². The maximum absolute atomic E-state index is 12.6. The van der Waals surface area contributed by atoms with Crippen LogP contribution in [0.5, 0.6) is 0 Å². The van der Waals surface area contributed by atoms with Gasteiger partial charge in [0.25, 0.3) is 0 Å². The van der Waals surface area contributed by atoms with Crippen molar-refractivity contribution in [1.29, 1.82) is 0 Å². The van der Waals surface area contributed by atoms with Gasteiger partial charge in [0.15, 0.2) is 0 Å². The van der Waals surface area contributed by atoms with E-state index in [2.05, 4.69) is 15.5 Å². The SMILES string of the molecule is CCNC(=O)N1CC[C@H](NC(=O)N2CCC[C@H]2C2CCC2)C1. The molecule has 4 amide bonds. The van der Waals surface area contributed by atoms with Crippen molar-refractivity contribution in [3.05, 3.63) is 0 Å². The van der Waals surface area contributed by atoms with Gasteiger partial charge in [-0.25, -0.2) is 9.59 Å². The van der Waals surface area contributed by atoms with E-state index in [1.165, 1.54) is 19.3 Å². The average molecular weight is 308 g/mol. The number of likely N-dealkylation sites (tertiary alicyclic amines) is 2. The zero-order chi connectivity index (χ0) is 15.5. The van der Waals surface area contributed by atoms with Gasteiger partial charge in [0.2, 0.25) is 0 Å². The third-order valence-electron chi connectivity index (χ3n) is 5.39. The fraction of sp³-hybridized carbons (Fsp3) is 0.875. The van der Waals surface area contributed by atoms with Crippen LogP contribution in [0.4, 0.5) is 9.59 Å². The summed E-state index contributed by atoms with van der Waals surface area (Å²) in [7, 11) is 0. The summed E-state index contributed by atoms with van der Waals surface area (Å²) in [6, 6.07) is 0.609. The lowest BCUT2D eigenvalue weighted by Crippen LogP contribution is -2.50. The maximum atomic E-state index is 12.6. The monoisotopic (exact) mass is 308 g/mol. The van der Waals surface area contributed by atoms with Crippen LogP contribution in [0.2, 0.25) is 0 Å². The third kappa shape index (κ3) is 3.15. The van der Waals surface area contributed by atoms with Crippen LogP contribution in [0.1, 0.15) is 45.4 Å². The zero-order valence-electron chi connectivity index (χ0n) is 13.5. The fourth-order valence-corrected chi connectivity index (χ4v) is 3.94. The number of hydrogen-bond acceptors (Lipinski definition) is 2. The van der Waals surface area contributed by atoms with Gasteiger partial charge in [-0.15, -0.1) is 0 Å². The van der Waals surface area contributed by atoms with Gasteiger partial charge in [0.05, 0.1) is 0 Å². The maximum Gasteiger partial charge on any atom is 0.317 e. The minimum atomic E-state index is -0.0206. The summed E-state index contributed by atoms with van der Waals surface area (Å²) in [6.45, 7) is 4.80. The first-order chi connectivity index (χ1) is 10.7. The Morgan fingerprint density at radius 3 is 2.55 bits per heavy atom. The highest BCUT2D eigenvalue weighted by molar-refractivity contribution is 5.76. The predicted molar refractivity (Wildman–Crippen MR) is 84.7 cm³/mol. The lowest BCUT2D eigenvalue weighted by atomic mass is 9.79. The summed E-state index contributed by atoms with van der Waals surface area (Å²) in [4.78, 5) is 28.2. The molecule has 0 unspecified atom stereocenters. The molecule has 3 rings (SSSR count). The van der Waals surface area contributed by atoms with Gasteiger partial charge in [-0.2, -0.15) is 0 Å². The molecule has 0 radical (unpaired) electrons. The van der Waals surface area contributed by atoms with Crippen molar-refractivity contribution in [3.8, 4) is 0 Å². The average Bonchev–Trinajstić information content (AvgIpc) is 3.06. The highest BCUT2D eigenvalue weighted by Crippen LogP contribution is 2.37. The van der Waals surface area contributed by atoms with Gasteiger partial charge < -0.3 is 20.4 Å². The predicted octanol–water partition coefficient (Wildman–Crippen LogP) is 1.76. The van der Waals surface area contributed by atoms with Crippen LogP contribution in [0.25, 0.3) is 0 Å². The van der Waals surface area contributed by atoms with E-state index >= 15 is 0 Å². The Labute approximate surface area is 132 Å². The lowest BCUT2D eigenvalue weighted by molar-refractivity contribution is 0.137. The van der Waals surface area contributed by atoms with Crippen LogP contribution in [0.15, 0.2) is 0 Å². The van der Waals surface area contributed by atoms with Gasteiger partial charge in [-0.05, 0) is 44.9 Å². The molecule has 2 saturated heterocycles. The molecule has 0 aromatic heterocycles. The number of hydrogen-bond donors (Lipinski definition) is 2. The summed E-state index contributed by atoms with van der Waals surface area (Å²) in [5.74, 6) is 0.726. The van der Waals surface area contributed by atoms with Crippen LogP contribution >= 0.6 is 0 Å². The first-order valence-electron chi connectivity index (χ1n) is 8.79. The molecule has 2 N–H and O–H groups in total. The number of carbonyl (C=O) groups is 2. The topological polar surface area (TPSA) is 64.7 Å². The van der Waals surface area contributed by atoms with E-state index in [4.69, 9.17) is 0 Å². The quantitative estimate of drug-likeness (QED) is 0.834. The number of urea groups is 2. The van der Waals surface area contributed by atoms with Crippen LogP contribution < -0.4 is 10.6 Å². The van der Waals surface area contributed by atoms with Crippen molar-refractivity contribution in [2.45, 2.75) is 57.5 Å². The molecular weight excluding hydrogens is 280 g/mol. The van der Waals surface area contributed by atoms with E-state index in [1.807, 2.05) is 6.92 Å². The summed E-state index contributed by atoms with van der Waals surface area (Å²) in [5.41, 5.74) is 0. The minimum absolute atomic E-state index is 0.0206. The van der Waals surface area contributed by atoms with E-state index in [-0.39, 0.29) is 18.1 Å². The van der Waals surface area contributed by atoms with Crippen LogP contribution in [0, 0.1) is 5.92 Å². The number of nitrogens with one attached hydrogen (secondary N) is 2. The molecule has 0 aromatic carbocycles. The molecule has 1 aliphatic carbocycles. The Morgan fingerprint density at radius 2 is 1.86 bits per heavy atom. The second-order valence-corrected chi connectivity index (χ2v) is 6.81.